The van der Waals surface area contributed by atoms with E-state index in [2.05, 4.69) is 17.2 Å². The number of nitrogens with zero attached hydrogens (tertiary/aromatic N) is 2. The molecular weight excluding hydrogens is 344 g/mol. The molecule has 0 radical (unpaired) electrons. The Morgan fingerprint density at radius 3 is 2.78 bits per heavy atom. The van der Waals surface area contributed by atoms with Crippen LogP contribution >= 0.6 is 0 Å². The van der Waals surface area contributed by atoms with Crippen molar-refractivity contribution in [2.45, 2.75) is 64.5 Å². The van der Waals surface area contributed by atoms with E-state index in [1.165, 1.54) is 6.20 Å². The molecule has 0 spiro atoms. The molecule has 2 heterocycles. The fourth-order valence-electron chi connectivity index (χ4n) is 4.42. The molecule has 4 atom stereocenters. The minimum absolute atomic E-state index is 0.0284. The first-order chi connectivity index (χ1) is 12.8. The van der Waals surface area contributed by atoms with Gasteiger partial charge in [0.2, 0.25) is 0 Å². The second-order valence-electron chi connectivity index (χ2n) is 8.17. The van der Waals surface area contributed by atoms with Gasteiger partial charge in [-0.3, -0.25) is 9.59 Å². The number of anilines is 2. The second kappa shape index (κ2) is 8.25. The molecule has 27 heavy (non-hydrogen) atoms. The summed E-state index contributed by atoms with van der Waals surface area (Å²) < 4.78 is 0. The van der Waals surface area contributed by atoms with Gasteiger partial charge >= 0.3 is 11.8 Å². The van der Waals surface area contributed by atoms with E-state index in [4.69, 9.17) is 5.73 Å². The van der Waals surface area contributed by atoms with Gasteiger partial charge in [0.05, 0.1) is 18.0 Å². The molecule has 0 bridgehead atoms. The Labute approximate surface area is 160 Å². The normalized spacial score (nSPS) is 28.6. The lowest BCUT2D eigenvalue weighted by molar-refractivity contribution is -0.148. The smallest absolute Gasteiger partial charge is 0.313 e. The molecule has 2 amide bonds. The van der Waals surface area contributed by atoms with Gasteiger partial charge in [-0.25, -0.2) is 4.98 Å². The van der Waals surface area contributed by atoms with Crippen molar-refractivity contribution in [2.24, 2.45) is 11.8 Å². The van der Waals surface area contributed by atoms with Crippen molar-refractivity contribution in [3.8, 4) is 0 Å². The van der Waals surface area contributed by atoms with E-state index < -0.39 is 11.8 Å². The fraction of sp³-hybridized carbons (Fsp3) is 0.650. The summed E-state index contributed by atoms with van der Waals surface area (Å²) in [7, 11) is 0. The molecule has 7 heteroatoms. The number of aliphatic hydroxyl groups is 1. The fourth-order valence-corrected chi connectivity index (χ4v) is 4.42. The number of amides is 2. The number of nitrogen functional groups attached to an aromatic ring is 1. The summed E-state index contributed by atoms with van der Waals surface area (Å²) in [4.78, 5) is 31.3. The van der Waals surface area contributed by atoms with Crippen LogP contribution in [0.5, 0.6) is 0 Å². The van der Waals surface area contributed by atoms with Crippen molar-refractivity contribution in [3.05, 3.63) is 17.8 Å². The predicted octanol–water partition coefficient (Wildman–Crippen LogP) is 2.09. The predicted molar refractivity (Wildman–Crippen MR) is 104 cm³/mol. The average Bonchev–Trinajstić information content (AvgIpc) is 2.64. The van der Waals surface area contributed by atoms with E-state index in [0.29, 0.717) is 30.4 Å². The van der Waals surface area contributed by atoms with E-state index >= 15 is 0 Å². The molecule has 1 aromatic heterocycles. The zero-order chi connectivity index (χ0) is 19.6. The van der Waals surface area contributed by atoms with Gasteiger partial charge in [-0.15, -0.1) is 0 Å². The van der Waals surface area contributed by atoms with E-state index in [0.717, 1.165) is 37.7 Å². The maximum atomic E-state index is 12.9. The highest BCUT2D eigenvalue weighted by molar-refractivity contribution is 6.39. The van der Waals surface area contributed by atoms with Crippen LogP contribution in [-0.4, -0.2) is 45.5 Å². The van der Waals surface area contributed by atoms with Gasteiger partial charge in [0.1, 0.15) is 5.82 Å². The number of hydrogen-bond donors (Lipinski definition) is 3. The number of likely N-dealkylation sites (tertiary alicyclic amines) is 1. The Balaban J connectivity index is 1.72. The lowest BCUT2D eigenvalue weighted by atomic mass is 9.77. The minimum atomic E-state index is -0.642. The van der Waals surface area contributed by atoms with Crippen molar-refractivity contribution >= 4 is 23.3 Å². The van der Waals surface area contributed by atoms with E-state index in [1.54, 1.807) is 17.9 Å². The summed E-state index contributed by atoms with van der Waals surface area (Å²) in [6, 6.07) is 1.74. The molecular formula is C20H30N4O3. The Hall–Kier alpha value is -2.15. The van der Waals surface area contributed by atoms with Crippen molar-refractivity contribution < 1.29 is 14.7 Å². The Bertz CT molecular complexity index is 708. The summed E-state index contributed by atoms with van der Waals surface area (Å²) in [6.45, 7) is 4.50. The van der Waals surface area contributed by atoms with Gasteiger partial charge in [-0.2, -0.15) is 0 Å². The number of aliphatic hydroxyl groups excluding tert-OH is 1. The third-order valence-corrected chi connectivity index (χ3v) is 5.93. The largest absolute Gasteiger partial charge is 0.393 e. The maximum Gasteiger partial charge on any atom is 0.313 e. The first-order valence-electron chi connectivity index (χ1n) is 9.87. The number of pyridine rings is 1. The molecule has 0 aromatic carbocycles. The van der Waals surface area contributed by atoms with Crippen LogP contribution in [0.1, 0.15) is 51.0 Å². The number of nitrogens with two attached hydrogens (primary N) is 1. The van der Waals surface area contributed by atoms with Crippen LogP contribution in [0.3, 0.4) is 0 Å². The van der Waals surface area contributed by atoms with Crippen LogP contribution in [0.25, 0.3) is 0 Å². The minimum Gasteiger partial charge on any atom is -0.393 e. The van der Waals surface area contributed by atoms with Gasteiger partial charge in [0, 0.05) is 12.6 Å². The van der Waals surface area contributed by atoms with Gasteiger partial charge in [0.25, 0.3) is 0 Å². The molecule has 2 aliphatic rings. The quantitative estimate of drug-likeness (QED) is 0.687. The summed E-state index contributed by atoms with van der Waals surface area (Å²) in [5, 5.41) is 12.7. The van der Waals surface area contributed by atoms with Crippen molar-refractivity contribution in [1.29, 1.82) is 0 Å². The summed E-state index contributed by atoms with van der Waals surface area (Å²) in [5.41, 5.74) is 6.92. The number of carbonyl (C=O) groups excluding carboxylic acids is 2. The summed E-state index contributed by atoms with van der Waals surface area (Å²) >= 11 is 0. The molecule has 1 aliphatic carbocycles. The van der Waals surface area contributed by atoms with Crippen molar-refractivity contribution in [2.75, 3.05) is 17.6 Å². The molecule has 1 saturated carbocycles. The molecule has 0 unspecified atom stereocenters. The molecule has 3 rings (SSSR count). The number of aryl methyl sites for hydroxylation is 1. The van der Waals surface area contributed by atoms with E-state index in [9.17, 15) is 14.7 Å². The zero-order valence-corrected chi connectivity index (χ0v) is 16.1. The topological polar surface area (TPSA) is 109 Å². The van der Waals surface area contributed by atoms with Crippen LogP contribution in [0.4, 0.5) is 11.5 Å². The Kier molecular flexibility index (Phi) is 5.99. The number of aromatic nitrogens is 1. The monoisotopic (exact) mass is 374 g/mol. The van der Waals surface area contributed by atoms with Crippen LogP contribution in [-0.2, 0) is 9.59 Å². The van der Waals surface area contributed by atoms with Gasteiger partial charge in [-0.05, 0) is 62.5 Å². The van der Waals surface area contributed by atoms with Gasteiger partial charge in [0.15, 0.2) is 0 Å². The molecule has 1 saturated heterocycles. The number of piperidine rings is 1. The lowest BCUT2D eigenvalue weighted by Gasteiger charge is -2.44. The molecule has 2 fully saturated rings. The van der Waals surface area contributed by atoms with E-state index in [1.807, 2.05) is 0 Å². The lowest BCUT2D eigenvalue weighted by Crippen LogP contribution is -2.53. The molecule has 148 valence electrons. The third kappa shape index (κ3) is 4.58. The Morgan fingerprint density at radius 2 is 2.07 bits per heavy atom. The standard InChI is InChI=1S/C20H30N4O3/c1-12-6-7-17(14-4-3-5-16(25)9-14)24(11-12)20(27)19(26)23-15-8-13(2)18(21)22-10-15/h8,10,12,14,16-17,25H,3-7,9,11H2,1-2H3,(H2,21,22)(H,23,26)/t12-,14-,16+,17+/m1/s1. The number of rotatable bonds is 2. The SMILES string of the molecule is Cc1cc(NC(=O)C(=O)N2C[C@H](C)CC[C@H]2[C@@H]2CCC[C@H](O)C2)cnc1N. The van der Waals surface area contributed by atoms with Crippen LogP contribution in [0.2, 0.25) is 0 Å². The van der Waals surface area contributed by atoms with Gasteiger partial charge in [-0.1, -0.05) is 13.3 Å². The van der Waals surface area contributed by atoms with Gasteiger partial charge < -0.3 is 21.1 Å². The van der Waals surface area contributed by atoms with E-state index in [-0.39, 0.29) is 18.1 Å². The van der Waals surface area contributed by atoms with Crippen LogP contribution in [0, 0.1) is 18.8 Å². The van der Waals surface area contributed by atoms with Crippen molar-refractivity contribution in [3.63, 3.8) is 0 Å². The summed E-state index contributed by atoms with van der Waals surface area (Å²) in [5.74, 6) is -0.108. The number of nitrogens with one attached hydrogen (secondary N) is 1. The highest BCUT2D eigenvalue weighted by Gasteiger charge is 2.39. The first-order valence-corrected chi connectivity index (χ1v) is 9.87. The van der Waals surface area contributed by atoms with Crippen LogP contribution < -0.4 is 11.1 Å². The highest BCUT2D eigenvalue weighted by Crippen LogP contribution is 2.35. The first kappa shape index (κ1) is 19.6. The van der Waals surface area contributed by atoms with Crippen LogP contribution in [0.15, 0.2) is 12.3 Å². The second-order valence-corrected chi connectivity index (χ2v) is 8.17. The Morgan fingerprint density at radius 1 is 1.30 bits per heavy atom. The van der Waals surface area contributed by atoms with Crippen molar-refractivity contribution in [1.82, 2.24) is 9.88 Å². The molecule has 1 aliphatic heterocycles. The molecule has 1 aromatic rings. The number of carbonyl (C=O) groups is 2. The average molecular weight is 374 g/mol. The maximum absolute atomic E-state index is 12.9. The molecule has 4 N–H and O–H groups in total. The highest BCUT2D eigenvalue weighted by atomic mass is 16.3. The zero-order valence-electron chi connectivity index (χ0n) is 16.1. The third-order valence-electron chi connectivity index (χ3n) is 5.93. The summed E-state index contributed by atoms with van der Waals surface area (Å²) in [6.07, 6.45) is 6.62. The molecule has 7 nitrogen and oxygen atoms in total. The number of hydrogen-bond acceptors (Lipinski definition) is 5.